The highest BCUT2D eigenvalue weighted by Crippen LogP contribution is 2.10. The van der Waals surface area contributed by atoms with E-state index >= 15 is 0 Å². The Morgan fingerprint density at radius 3 is 2.81 bits per heavy atom. The van der Waals surface area contributed by atoms with Crippen LogP contribution in [0.4, 0.5) is 4.39 Å². The molecule has 0 aliphatic heterocycles. The molecular weight excluding hydrogens is 446 g/mol. The molecule has 138 valence electrons. The molecule has 0 bridgehead atoms. The summed E-state index contributed by atoms with van der Waals surface area (Å²) in [5.74, 6) is 1.30. The van der Waals surface area contributed by atoms with Gasteiger partial charge in [-0.15, -0.1) is 34.2 Å². The number of nitrogens with one attached hydrogen (secondary N) is 2. The summed E-state index contributed by atoms with van der Waals surface area (Å²) < 4.78 is 15.1. The molecule has 0 saturated heterocycles. The molecule has 2 aromatic heterocycles. The molecule has 3 rings (SSSR count). The Labute approximate surface area is 169 Å². The second kappa shape index (κ2) is 9.46. The van der Waals surface area contributed by atoms with Crippen molar-refractivity contribution in [3.05, 3.63) is 65.4 Å². The molecule has 8 heteroatoms. The van der Waals surface area contributed by atoms with Gasteiger partial charge in [0.15, 0.2) is 17.4 Å². The van der Waals surface area contributed by atoms with Crippen LogP contribution in [0.15, 0.2) is 47.6 Å². The van der Waals surface area contributed by atoms with Gasteiger partial charge in [-0.1, -0.05) is 12.1 Å². The number of halogens is 2. The number of benzene rings is 1. The lowest BCUT2D eigenvalue weighted by Crippen LogP contribution is -2.38. The summed E-state index contributed by atoms with van der Waals surface area (Å²) >= 11 is 0. The van der Waals surface area contributed by atoms with Crippen LogP contribution in [0, 0.1) is 12.7 Å². The summed E-state index contributed by atoms with van der Waals surface area (Å²) in [4.78, 5) is 4.21. The molecule has 0 fully saturated rings. The fourth-order valence-electron chi connectivity index (χ4n) is 2.65. The number of aryl methyl sites for hydroxylation is 1. The van der Waals surface area contributed by atoms with Crippen molar-refractivity contribution in [2.45, 2.75) is 19.9 Å². The van der Waals surface area contributed by atoms with Crippen LogP contribution < -0.4 is 10.6 Å². The maximum atomic E-state index is 13.1. The van der Waals surface area contributed by atoms with Crippen molar-refractivity contribution in [3.8, 4) is 0 Å². The van der Waals surface area contributed by atoms with E-state index in [1.165, 1.54) is 6.07 Å². The van der Waals surface area contributed by atoms with Gasteiger partial charge >= 0.3 is 0 Å². The minimum atomic E-state index is -0.202. The van der Waals surface area contributed by atoms with Gasteiger partial charge in [0.25, 0.3) is 0 Å². The number of pyridine rings is 1. The Morgan fingerprint density at radius 1 is 1.19 bits per heavy atom. The van der Waals surface area contributed by atoms with Crippen LogP contribution in [0.2, 0.25) is 0 Å². The maximum absolute atomic E-state index is 13.1. The highest BCUT2D eigenvalue weighted by Gasteiger charge is 2.06. The average Bonchev–Trinajstić information content (AvgIpc) is 3.03. The van der Waals surface area contributed by atoms with Crippen LogP contribution in [0.3, 0.4) is 0 Å². The number of rotatable bonds is 5. The number of hydrogen-bond donors (Lipinski definition) is 2. The van der Waals surface area contributed by atoms with Crippen LogP contribution in [0.25, 0.3) is 5.65 Å². The molecule has 0 aliphatic rings. The standard InChI is InChI=1S/C18H21FN6.HI/c1-13-11-15(19)7-6-14(13)8-9-21-18(20-2)22-12-17-24-23-16-5-3-4-10-25(16)17;/h3-7,10-11H,8-9,12H2,1-2H3,(H2,20,21,22);1H. The number of aliphatic imine (C=N–C) groups is 1. The highest BCUT2D eigenvalue weighted by molar-refractivity contribution is 14.0. The van der Waals surface area contributed by atoms with E-state index in [-0.39, 0.29) is 29.8 Å². The zero-order chi connectivity index (χ0) is 17.6. The van der Waals surface area contributed by atoms with Crippen molar-refractivity contribution in [2.24, 2.45) is 4.99 Å². The maximum Gasteiger partial charge on any atom is 0.191 e. The molecule has 0 saturated carbocycles. The lowest BCUT2D eigenvalue weighted by atomic mass is 10.1. The Balaban J connectivity index is 0.00000243. The van der Waals surface area contributed by atoms with Crippen LogP contribution >= 0.6 is 24.0 Å². The summed E-state index contributed by atoms with van der Waals surface area (Å²) in [7, 11) is 1.72. The number of guanidine groups is 1. The van der Waals surface area contributed by atoms with E-state index in [9.17, 15) is 4.39 Å². The monoisotopic (exact) mass is 468 g/mol. The Kier molecular flexibility index (Phi) is 7.31. The van der Waals surface area contributed by atoms with Crippen LogP contribution in [-0.4, -0.2) is 34.2 Å². The number of nitrogens with zero attached hydrogens (tertiary/aromatic N) is 4. The zero-order valence-electron chi connectivity index (χ0n) is 14.7. The minimum Gasteiger partial charge on any atom is -0.356 e. The van der Waals surface area contributed by atoms with Crippen LogP contribution in [0.5, 0.6) is 0 Å². The largest absolute Gasteiger partial charge is 0.356 e. The summed E-state index contributed by atoms with van der Waals surface area (Å²) in [6.45, 7) is 3.13. The number of fused-ring (bicyclic) bond motifs is 1. The van der Waals surface area contributed by atoms with Crippen molar-refractivity contribution in [1.82, 2.24) is 25.2 Å². The SMILES string of the molecule is CN=C(NCCc1ccc(F)cc1C)NCc1nnc2ccccn12.I. The van der Waals surface area contributed by atoms with E-state index in [0.29, 0.717) is 19.0 Å². The van der Waals surface area contributed by atoms with Crippen molar-refractivity contribution in [2.75, 3.05) is 13.6 Å². The van der Waals surface area contributed by atoms with Gasteiger partial charge in [0.1, 0.15) is 5.82 Å². The predicted octanol–water partition coefficient (Wildman–Crippen LogP) is 2.70. The predicted molar refractivity (Wildman–Crippen MR) is 111 cm³/mol. The number of hydrogen-bond acceptors (Lipinski definition) is 3. The second-order valence-corrected chi connectivity index (χ2v) is 5.72. The average molecular weight is 468 g/mol. The van der Waals surface area contributed by atoms with Gasteiger partial charge in [-0.2, -0.15) is 0 Å². The molecule has 1 aromatic carbocycles. The van der Waals surface area contributed by atoms with Gasteiger partial charge < -0.3 is 10.6 Å². The van der Waals surface area contributed by atoms with E-state index in [1.807, 2.05) is 41.8 Å². The lowest BCUT2D eigenvalue weighted by Gasteiger charge is -2.12. The first-order chi connectivity index (χ1) is 12.2. The molecule has 2 N–H and O–H groups in total. The zero-order valence-corrected chi connectivity index (χ0v) is 17.1. The molecule has 0 radical (unpaired) electrons. The molecule has 0 aliphatic carbocycles. The molecule has 6 nitrogen and oxygen atoms in total. The topological polar surface area (TPSA) is 66.6 Å². The van der Waals surface area contributed by atoms with Gasteiger partial charge in [-0.3, -0.25) is 9.39 Å². The first-order valence-electron chi connectivity index (χ1n) is 8.15. The highest BCUT2D eigenvalue weighted by atomic mass is 127. The number of aromatic nitrogens is 3. The molecule has 0 atom stereocenters. The summed E-state index contributed by atoms with van der Waals surface area (Å²) in [5, 5.41) is 14.8. The summed E-state index contributed by atoms with van der Waals surface area (Å²) in [5.41, 5.74) is 2.89. The van der Waals surface area contributed by atoms with Gasteiger partial charge in [0.05, 0.1) is 6.54 Å². The first kappa shape index (κ1) is 20.1. The van der Waals surface area contributed by atoms with Crippen LogP contribution in [0.1, 0.15) is 17.0 Å². The van der Waals surface area contributed by atoms with Gasteiger partial charge in [-0.05, 0) is 48.7 Å². The van der Waals surface area contributed by atoms with E-state index in [0.717, 1.165) is 29.0 Å². The van der Waals surface area contributed by atoms with Crippen LogP contribution in [-0.2, 0) is 13.0 Å². The third-order valence-corrected chi connectivity index (χ3v) is 4.01. The fourth-order valence-corrected chi connectivity index (χ4v) is 2.65. The van der Waals surface area contributed by atoms with Gasteiger partial charge in [0, 0.05) is 19.8 Å². The second-order valence-electron chi connectivity index (χ2n) is 5.72. The summed E-state index contributed by atoms with van der Waals surface area (Å²) in [6, 6.07) is 10.7. The lowest BCUT2D eigenvalue weighted by molar-refractivity contribution is 0.625. The van der Waals surface area contributed by atoms with Crippen molar-refractivity contribution in [3.63, 3.8) is 0 Å². The summed E-state index contributed by atoms with van der Waals surface area (Å²) in [6.07, 6.45) is 2.72. The van der Waals surface area contributed by atoms with Crippen molar-refractivity contribution in [1.29, 1.82) is 0 Å². The van der Waals surface area contributed by atoms with E-state index in [2.05, 4.69) is 25.8 Å². The molecule has 26 heavy (non-hydrogen) atoms. The quantitative estimate of drug-likeness (QED) is 0.344. The van der Waals surface area contributed by atoms with E-state index in [1.54, 1.807) is 13.1 Å². The fraction of sp³-hybridized carbons (Fsp3) is 0.278. The third-order valence-electron chi connectivity index (χ3n) is 4.01. The molecule has 0 unspecified atom stereocenters. The van der Waals surface area contributed by atoms with E-state index in [4.69, 9.17) is 0 Å². The Bertz CT molecular complexity index is 892. The molecular formula is C18H22FIN6. The molecule has 0 spiro atoms. The Morgan fingerprint density at radius 2 is 2.04 bits per heavy atom. The molecule has 0 amide bonds. The van der Waals surface area contributed by atoms with Crippen molar-refractivity contribution < 1.29 is 4.39 Å². The molecule has 3 aromatic rings. The van der Waals surface area contributed by atoms with Gasteiger partial charge in [0.2, 0.25) is 0 Å². The first-order valence-corrected chi connectivity index (χ1v) is 8.15. The third kappa shape index (κ3) is 4.90. The van der Waals surface area contributed by atoms with Gasteiger partial charge in [-0.25, -0.2) is 4.39 Å². The minimum absolute atomic E-state index is 0. The van der Waals surface area contributed by atoms with E-state index < -0.39 is 0 Å². The molecule has 2 heterocycles. The normalized spacial score (nSPS) is 11.3. The smallest absolute Gasteiger partial charge is 0.191 e. The van der Waals surface area contributed by atoms with Crippen molar-refractivity contribution >= 4 is 35.6 Å². The Hall–Kier alpha value is -2.23.